The number of benzene rings is 1. The van der Waals surface area contributed by atoms with Crippen molar-refractivity contribution < 1.29 is 14.3 Å². The highest BCUT2D eigenvalue weighted by molar-refractivity contribution is 5.85. The molecule has 0 bridgehead atoms. The van der Waals surface area contributed by atoms with E-state index in [-0.39, 0.29) is 43.1 Å². The maximum Gasteiger partial charge on any atom is 0.236 e. The van der Waals surface area contributed by atoms with E-state index in [0.717, 1.165) is 0 Å². The summed E-state index contributed by atoms with van der Waals surface area (Å²) in [7, 11) is 0. The minimum Gasteiger partial charge on any atom is -0.387 e. The number of aliphatic hydroxyl groups excluding tert-OH is 1. The van der Waals surface area contributed by atoms with Gasteiger partial charge in [0.1, 0.15) is 5.82 Å². The van der Waals surface area contributed by atoms with Crippen LogP contribution >= 0.6 is 12.4 Å². The fraction of sp³-hybridized carbons (Fsp3) is 0.500. The van der Waals surface area contributed by atoms with E-state index >= 15 is 0 Å². The molecule has 0 aliphatic heterocycles. The number of halogens is 2. The van der Waals surface area contributed by atoms with Crippen LogP contribution in [0.2, 0.25) is 0 Å². The Kier molecular flexibility index (Phi) is 8.37. The first-order valence-corrected chi connectivity index (χ1v) is 6.35. The Morgan fingerprint density at radius 3 is 2.30 bits per heavy atom. The van der Waals surface area contributed by atoms with Gasteiger partial charge in [0.15, 0.2) is 0 Å². The Morgan fingerprint density at radius 1 is 1.30 bits per heavy atom. The molecule has 3 N–H and O–H groups in total. The summed E-state index contributed by atoms with van der Waals surface area (Å²) in [5, 5.41) is 10.1. The van der Waals surface area contributed by atoms with Gasteiger partial charge in [0, 0.05) is 6.54 Å². The summed E-state index contributed by atoms with van der Waals surface area (Å²) < 4.78 is 12.8. The number of carbonyl (C=O) groups excluding carboxylic acids is 1. The quantitative estimate of drug-likeness (QED) is 0.841. The Bertz CT molecular complexity index is 412. The van der Waals surface area contributed by atoms with E-state index in [9.17, 15) is 14.3 Å². The molecule has 1 aromatic rings. The lowest BCUT2D eigenvalue weighted by Gasteiger charge is -2.26. The Hall–Kier alpha value is -1.17. The minimum absolute atomic E-state index is 0. The number of nitrogens with zero attached hydrogens (tertiary/aromatic N) is 1. The first kappa shape index (κ1) is 18.8. The number of nitrogens with two attached hydrogens (primary N) is 1. The Morgan fingerprint density at radius 2 is 1.85 bits per heavy atom. The lowest BCUT2D eigenvalue weighted by Crippen LogP contribution is -2.40. The molecule has 114 valence electrons. The predicted octanol–water partition coefficient (Wildman–Crippen LogP) is 1.72. The van der Waals surface area contributed by atoms with E-state index in [0.29, 0.717) is 12.1 Å². The second-order valence-corrected chi connectivity index (χ2v) is 4.96. The van der Waals surface area contributed by atoms with Gasteiger partial charge in [-0.1, -0.05) is 26.0 Å². The van der Waals surface area contributed by atoms with Crippen LogP contribution in [0.1, 0.15) is 25.5 Å². The third kappa shape index (κ3) is 5.86. The van der Waals surface area contributed by atoms with Gasteiger partial charge in [-0.05, 0) is 23.6 Å². The van der Waals surface area contributed by atoms with E-state index in [1.807, 2.05) is 13.8 Å². The average molecular weight is 305 g/mol. The zero-order valence-electron chi connectivity index (χ0n) is 11.8. The maximum atomic E-state index is 12.8. The molecule has 1 aromatic carbocycles. The molecule has 1 atom stereocenters. The highest BCUT2D eigenvalue weighted by Crippen LogP contribution is 2.15. The first-order valence-electron chi connectivity index (χ1n) is 6.35. The van der Waals surface area contributed by atoms with Gasteiger partial charge in [-0.2, -0.15) is 0 Å². The van der Waals surface area contributed by atoms with E-state index < -0.39 is 6.10 Å². The molecular weight excluding hydrogens is 283 g/mol. The number of hydrogen-bond acceptors (Lipinski definition) is 3. The van der Waals surface area contributed by atoms with Crippen LogP contribution in [-0.4, -0.2) is 35.5 Å². The van der Waals surface area contributed by atoms with Gasteiger partial charge in [-0.3, -0.25) is 4.79 Å². The minimum atomic E-state index is -0.838. The van der Waals surface area contributed by atoms with Crippen LogP contribution in [0.3, 0.4) is 0 Å². The molecule has 0 aromatic heterocycles. The number of rotatable bonds is 6. The lowest BCUT2D eigenvalue weighted by atomic mass is 10.1. The summed E-state index contributed by atoms with van der Waals surface area (Å²) in [6, 6.07) is 5.60. The van der Waals surface area contributed by atoms with Crippen LogP contribution in [0.25, 0.3) is 0 Å². The second kappa shape index (κ2) is 8.89. The molecule has 0 aliphatic rings. The van der Waals surface area contributed by atoms with Gasteiger partial charge < -0.3 is 15.7 Å². The van der Waals surface area contributed by atoms with Gasteiger partial charge in [0.25, 0.3) is 0 Å². The zero-order chi connectivity index (χ0) is 14.4. The van der Waals surface area contributed by atoms with Crippen LogP contribution in [0.15, 0.2) is 24.3 Å². The second-order valence-electron chi connectivity index (χ2n) is 4.96. The molecule has 1 unspecified atom stereocenters. The lowest BCUT2D eigenvalue weighted by molar-refractivity contribution is -0.131. The van der Waals surface area contributed by atoms with Crippen molar-refractivity contribution in [2.45, 2.75) is 20.0 Å². The van der Waals surface area contributed by atoms with Gasteiger partial charge in [-0.25, -0.2) is 4.39 Å². The van der Waals surface area contributed by atoms with Crippen molar-refractivity contribution >= 4 is 18.3 Å². The van der Waals surface area contributed by atoms with Crippen molar-refractivity contribution in [2.75, 3.05) is 19.6 Å². The molecule has 1 rings (SSSR count). The molecule has 0 aliphatic carbocycles. The highest BCUT2D eigenvalue weighted by atomic mass is 35.5. The van der Waals surface area contributed by atoms with Crippen molar-refractivity contribution in [3.63, 3.8) is 0 Å². The monoisotopic (exact) mass is 304 g/mol. The molecular formula is C14H22ClFN2O2. The Balaban J connectivity index is 0.00000361. The van der Waals surface area contributed by atoms with Crippen molar-refractivity contribution in [1.82, 2.24) is 4.90 Å². The summed E-state index contributed by atoms with van der Waals surface area (Å²) >= 11 is 0. The zero-order valence-corrected chi connectivity index (χ0v) is 12.6. The highest BCUT2D eigenvalue weighted by Gasteiger charge is 2.18. The summed E-state index contributed by atoms with van der Waals surface area (Å²) in [6.45, 7) is 4.60. The summed E-state index contributed by atoms with van der Waals surface area (Å²) in [4.78, 5) is 13.2. The molecule has 6 heteroatoms. The van der Waals surface area contributed by atoms with Crippen molar-refractivity contribution in [3.05, 3.63) is 35.6 Å². The normalized spacial score (nSPS) is 11.9. The van der Waals surface area contributed by atoms with Crippen LogP contribution in [0.4, 0.5) is 4.39 Å². The topological polar surface area (TPSA) is 66.6 Å². The van der Waals surface area contributed by atoms with E-state index in [2.05, 4.69) is 0 Å². The molecule has 0 heterocycles. The fourth-order valence-corrected chi connectivity index (χ4v) is 1.85. The predicted molar refractivity (Wildman–Crippen MR) is 79.1 cm³/mol. The number of hydrogen-bond donors (Lipinski definition) is 2. The SMILES string of the molecule is CC(C)CN(CC(O)c1ccc(F)cc1)C(=O)CN.Cl. The van der Waals surface area contributed by atoms with Crippen molar-refractivity contribution in [3.8, 4) is 0 Å². The van der Waals surface area contributed by atoms with Crippen LogP contribution in [0.5, 0.6) is 0 Å². The smallest absolute Gasteiger partial charge is 0.236 e. The first-order chi connectivity index (χ1) is 8.93. The van der Waals surface area contributed by atoms with E-state index in [1.165, 1.54) is 24.3 Å². The molecule has 0 radical (unpaired) electrons. The van der Waals surface area contributed by atoms with Crippen LogP contribution in [0, 0.1) is 11.7 Å². The molecule has 1 amide bonds. The molecule has 0 saturated heterocycles. The van der Waals surface area contributed by atoms with Gasteiger partial charge in [-0.15, -0.1) is 12.4 Å². The third-order valence-corrected chi connectivity index (χ3v) is 2.76. The summed E-state index contributed by atoms with van der Waals surface area (Å²) in [6.07, 6.45) is -0.838. The van der Waals surface area contributed by atoms with Crippen molar-refractivity contribution in [2.24, 2.45) is 11.7 Å². The molecule has 0 spiro atoms. The largest absolute Gasteiger partial charge is 0.387 e. The number of carbonyl (C=O) groups is 1. The average Bonchev–Trinajstić information content (AvgIpc) is 2.37. The summed E-state index contributed by atoms with van der Waals surface area (Å²) in [5.41, 5.74) is 5.94. The standard InChI is InChI=1S/C14H21FN2O2.ClH/c1-10(2)8-17(14(19)7-16)9-13(18)11-3-5-12(15)6-4-11;/h3-6,10,13,18H,7-9,16H2,1-2H3;1H. The van der Waals surface area contributed by atoms with E-state index in [4.69, 9.17) is 5.73 Å². The third-order valence-electron chi connectivity index (χ3n) is 2.76. The van der Waals surface area contributed by atoms with E-state index in [1.54, 1.807) is 4.90 Å². The summed E-state index contributed by atoms with van der Waals surface area (Å²) in [5.74, 6) is -0.265. The van der Waals surface area contributed by atoms with Gasteiger partial charge in [0.2, 0.25) is 5.91 Å². The fourth-order valence-electron chi connectivity index (χ4n) is 1.85. The molecule has 20 heavy (non-hydrogen) atoms. The van der Waals surface area contributed by atoms with Crippen LogP contribution in [-0.2, 0) is 4.79 Å². The van der Waals surface area contributed by atoms with Gasteiger partial charge in [0.05, 0.1) is 19.2 Å². The van der Waals surface area contributed by atoms with Gasteiger partial charge >= 0.3 is 0 Å². The molecule has 0 saturated carbocycles. The molecule has 4 nitrogen and oxygen atoms in total. The Labute approximate surface area is 125 Å². The number of aliphatic hydroxyl groups is 1. The van der Waals surface area contributed by atoms with Crippen molar-refractivity contribution in [1.29, 1.82) is 0 Å². The van der Waals surface area contributed by atoms with Crippen LogP contribution < -0.4 is 5.73 Å². The molecule has 0 fully saturated rings. The maximum absolute atomic E-state index is 12.8. The number of amides is 1.